The van der Waals surface area contributed by atoms with Gasteiger partial charge in [0.15, 0.2) is 0 Å². The van der Waals surface area contributed by atoms with Crippen molar-refractivity contribution >= 4 is 5.91 Å². The van der Waals surface area contributed by atoms with Crippen LogP contribution in [-0.2, 0) is 16.0 Å². The molecule has 1 fully saturated rings. The highest BCUT2D eigenvalue weighted by molar-refractivity contribution is 5.79. The molecule has 21 heavy (non-hydrogen) atoms. The van der Waals surface area contributed by atoms with Crippen LogP contribution in [0.3, 0.4) is 0 Å². The number of aliphatic hydroxyl groups is 1. The molecule has 1 aliphatic rings. The normalized spacial score (nSPS) is 17.3. The summed E-state index contributed by atoms with van der Waals surface area (Å²) >= 11 is 0. The van der Waals surface area contributed by atoms with Gasteiger partial charge in [0.05, 0.1) is 19.1 Å². The van der Waals surface area contributed by atoms with Crippen LogP contribution in [0.2, 0.25) is 0 Å². The Morgan fingerprint density at radius 2 is 2.14 bits per heavy atom. The number of amides is 1. The summed E-state index contributed by atoms with van der Waals surface area (Å²) in [6, 6.07) is 5.76. The summed E-state index contributed by atoms with van der Waals surface area (Å²) in [6.45, 7) is 3.32. The van der Waals surface area contributed by atoms with E-state index in [2.05, 4.69) is 5.32 Å². The summed E-state index contributed by atoms with van der Waals surface area (Å²) in [5, 5.41) is 13.1. The fourth-order valence-electron chi connectivity index (χ4n) is 2.47. The van der Waals surface area contributed by atoms with Gasteiger partial charge in [-0.1, -0.05) is 17.7 Å². The van der Waals surface area contributed by atoms with Gasteiger partial charge in [-0.15, -0.1) is 0 Å². The number of benzene rings is 1. The molecule has 1 saturated heterocycles. The van der Waals surface area contributed by atoms with E-state index in [4.69, 9.17) is 9.47 Å². The van der Waals surface area contributed by atoms with Gasteiger partial charge in [-0.25, -0.2) is 0 Å². The maximum Gasteiger partial charge on any atom is 0.224 e. The van der Waals surface area contributed by atoms with Crippen molar-refractivity contribution in [2.75, 3.05) is 26.9 Å². The predicted molar refractivity (Wildman–Crippen MR) is 79.4 cm³/mol. The van der Waals surface area contributed by atoms with Crippen LogP contribution in [0.5, 0.6) is 5.75 Å². The molecule has 0 aromatic heterocycles. The number of ether oxygens (including phenoxy) is 2. The quantitative estimate of drug-likeness (QED) is 0.856. The fraction of sp³-hybridized carbons (Fsp3) is 0.562. The van der Waals surface area contributed by atoms with E-state index in [1.807, 2.05) is 25.1 Å². The highest BCUT2D eigenvalue weighted by Gasteiger charge is 2.30. The Kier molecular flexibility index (Phi) is 5.20. The first-order chi connectivity index (χ1) is 10.0. The van der Waals surface area contributed by atoms with Gasteiger partial charge in [0.1, 0.15) is 5.75 Å². The molecule has 0 bridgehead atoms. The Morgan fingerprint density at radius 3 is 2.81 bits per heavy atom. The molecule has 116 valence electrons. The highest BCUT2D eigenvalue weighted by atomic mass is 16.5. The van der Waals surface area contributed by atoms with Gasteiger partial charge in [-0.2, -0.15) is 0 Å². The Hall–Kier alpha value is -1.59. The molecule has 0 saturated carbocycles. The standard InChI is InChI=1S/C16H23NO4/c1-12-3-4-14(20-2)13(9-12)10-15(18)17-11-16(19)5-7-21-8-6-16/h3-4,9,19H,5-8,10-11H2,1-2H3,(H,17,18). The lowest BCUT2D eigenvalue weighted by Gasteiger charge is -2.32. The highest BCUT2D eigenvalue weighted by Crippen LogP contribution is 2.21. The summed E-state index contributed by atoms with van der Waals surface area (Å²) in [5.41, 5.74) is 1.10. The number of carbonyl (C=O) groups excluding carboxylic acids is 1. The summed E-state index contributed by atoms with van der Waals surface area (Å²) in [6.07, 6.45) is 1.36. The molecule has 1 amide bonds. The lowest BCUT2D eigenvalue weighted by Crippen LogP contribution is -2.46. The third kappa shape index (κ3) is 4.44. The Balaban J connectivity index is 1.91. The van der Waals surface area contributed by atoms with Gasteiger partial charge in [0.2, 0.25) is 5.91 Å². The van der Waals surface area contributed by atoms with Crippen LogP contribution in [0.15, 0.2) is 18.2 Å². The third-order valence-corrected chi connectivity index (χ3v) is 3.83. The number of methoxy groups -OCH3 is 1. The minimum Gasteiger partial charge on any atom is -0.496 e. The van der Waals surface area contributed by atoms with E-state index >= 15 is 0 Å². The average Bonchev–Trinajstić information content (AvgIpc) is 2.46. The predicted octanol–water partition coefficient (Wildman–Crippen LogP) is 1.20. The van der Waals surface area contributed by atoms with E-state index in [1.54, 1.807) is 7.11 Å². The SMILES string of the molecule is COc1ccc(C)cc1CC(=O)NCC1(O)CCOCC1. The van der Waals surface area contributed by atoms with Crippen LogP contribution in [0.25, 0.3) is 0 Å². The van der Waals surface area contributed by atoms with Crippen molar-refractivity contribution in [3.63, 3.8) is 0 Å². The molecule has 0 spiro atoms. The van der Waals surface area contributed by atoms with E-state index < -0.39 is 5.60 Å². The monoisotopic (exact) mass is 293 g/mol. The van der Waals surface area contributed by atoms with E-state index in [1.165, 1.54) is 0 Å². The van der Waals surface area contributed by atoms with Gasteiger partial charge >= 0.3 is 0 Å². The van der Waals surface area contributed by atoms with Crippen LogP contribution in [0.1, 0.15) is 24.0 Å². The first kappa shape index (κ1) is 15.8. The number of rotatable bonds is 5. The zero-order chi connectivity index (χ0) is 15.3. The summed E-state index contributed by atoms with van der Waals surface area (Å²) < 4.78 is 10.5. The van der Waals surface area contributed by atoms with E-state index in [0.29, 0.717) is 31.8 Å². The lowest BCUT2D eigenvalue weighted by molar-refractivity contribution is -0.123. The van der Waals surface area contributed by atoms with Crippen LogP contribution in [0.4, 0.5) is 0 Å². The third-order valence-electron chi connectivity index (χ3n) is 3.83. The van der Waals surface area contributed by atoms with Gasteiger partial charge in [-0.05, 0) is 13.0 Å². The Morgan fingerprint density at radius 1 is 1.43 bits per heavy atom. The molecule has 2 N–H and O–H groups in total. The number of aryl methyl sites for hydroxylation is 1. The average molecular weight is 293 g/mol. The second-order valence-corrected chi connectivity index (χ2v) is 5.61. The molecule has 1 aromatic rings. The molecule has 0 aliphatic carbocycles. The van der Waals surface area contributed by atoms with Crippen molar-refractivity contribution < 1.29 is 19.4 Å². The van der Waals surface area contributed by atoms with Crippen LogP contribution < -0.4 is 10.1 Å². The number of carbonyl (C=O) groups is 1. The summed E-state index contributed by atoms with van der Waals surface area (Å²) in [4.78, 5) is 12.1. The second kappa shape index (κ2) is 6.91. The molecular formula is C16H23NO4. The first-order valence-electron chi connectivity index (χ1n) is 7.23. The van der Waals surface area contributed by atoms with Crippen molar-refractivity contribution in [2.45, 2.75) is 31.8 Å². The first-order valence-corrected chi connectivity index (χ1v) is 7.23. The summed E-state index contributed by atoms with van der Waals surface area (Å²) in [5.74, 6) is 0.597. The van der Waals surface area contributed by atoms with E-state index in [-0.39, 0.29) is 18.9 Å². The number of hydrogen-bond donors (Lipinski definition) is 2. The Labute approximate surface area is 125 Å². The second-order valence-electron chi connectivity index (χ2n) is 5.61. The maximum absolute atomic E-state index is 12.1. The lowest BCUT2D eigenvalue weighted by atomic mass is 9.94. The number of nitrogens with one attached hydrogen (secondary N) is 1. The minimum atomic E-state index is -0.843. The van der Waals surface area contributed by atoms with Gasteiger partial charge in [0, 0.05) is 38.2 Å². The Bertz CT molecular complexity index is 495. The molecule has 1 heterocycles. The van der Waals surface area contributed by atoms with Crippen molar-refractivity contribution in [1.29, 1.82) is 0 Å². The fourth-order valence-corrected chi connectivity index (χ4v) is 2.47. The number of hydrogen-bond acceptors (Lipinski definition) is 4. The van der Waals surface area contributed by atoms with Crippen LogP contribution in [0, 0.1) is 6.92 Å². The van der Waals surface area contributed by atoms with E-state index in [0.717, 1.165) is 11.1 Å². The zero-order valence-electron chi connectivity index (χ0n) is 12.6. The van der Waals surface area contributed by atoms with Crippen molar-refractivity contribution in [3.05, 3.63) is 29.3 Å². The molecule has 2 rings (SSSR count). The summed E-state index contributed by atoms with van der Waals surface area (Å²) in [7, 11) is 1.59. The van der Waals surface area contributed by atoms with Gasteiger partial charge in [0.25, 0.3) is 0 Å². The topological polar surface area (TPSA) is 67.8 Å². The molecule has 1 aromatic carbocycles. The molecular weight excluding hydrogens is 270 g/mol. The molecule has 0 atom stereocenters. The van der Waals surface area contributed by atoms with Crippen molar-refractivity contribution in [2.24, 2.45) is 0 Å². The molecule has 5 heteroatoms. The minimum absolute atomic E-state index is 0.112. The molecule has 5 nitrogen and oxygen atoms in total. The maximum atomic E-state index is 12.1. The van der Waals surface area contributed by atoms with Crippen molar-refractivity contribution in [1.82, 2.24) is 5.32 Å². The largest absolute Gasteiger partial charge is 0.496 e. The molecule has 0 unspecified atom stereocenters. The van der Waals surface area contributed by atoms with E-state index in [9.17, 15) is 9.90 Å². The zero-order valence-corrected chi connectivity index (χ0v) is 12.6. The molecule has 1 aliphatic heterocycles. The smallest absolute Gasteiger partial charge is 0.224 e. The van der Waals surface area contributed by atoms with Crippen molar-refractivity contribution in [3.8, 4) is 5.75 Å². The van der Waals surface area contributed by atoms with Crippen LogP contribution in [-0.4, -0.2) is 43.5 Å². The van der Waals surface area contributed by atoms with Gasteiger partial charge < -0.3 is 19.9 Å². The molecule has 0 radical (unpaired) electrons. The van der Waals surface area contributed by atoms with Crippen LogP contribution >= 0.6 is 0 Å². The van der Waals surface area contributed by atoms with Gasteiger partial charge in [-0.3, -0.25) is 4.79 Å².